The molecule has 0 fully saturated rings. The average molecular weight is 293 g/mol. The minimum Gasteiger partial charge on any atom is -0.398 e. The number of nitrogen functional groups attached to an aromatic ring is 1. The van der Waals surface area contributed by atoms with Gasteiger partial charge in [-0.25, -0.2) is 0 Å². The maximum absolute atomic E-state index is 8.77. The van der Waals surface area contributed by atoms with Crippen molar-refractivity contribution < 1.29 is 5.11 Å². The van der Waals surface area contributed by atoms with E-state index in [-0.39, 0.29) is 12.6 Å². The highest BCUT2D eigenvalue weighted by atomic mass is 127. The molecule has 0 aromatic carbocycles. The quantitative estimate of drug-likeness (QED) is 0.692. The normalized spacial score (nSPS) is 12.8. The molecule has 0 aliphatic heterocycles. The van der Waals surface area contributed by atoms with Gasteiger partial charge in [0.2, 0.25) is 0 Å². The largest absolute Gasteiger partial charge is 0.398 e. The number of aliphatic hydroxyl groups is 1. The van der Waals surface area contributed by atoms with Crippen LogP contribution in [0.2, 0.25) is 0 Å². The van der Waals surface area contributed by atoms with Crippen LogP contribution in [-0.4, -0.2) is 22.7 Å². The predicted octanol–water partition coefficient (Wildman–Crippen LogP) is 0.131. The van der Waals surface area contributed by atoms with E-state index in [2.05, 4.69) is 27.6 Å². The molecule has 1 unspecified atom stereocenters. The summed E-state index contributed by atoms with van der Waals surface area (Å²) in [6.45, 7) is -0.0368. The first-order valence-corrected chi connectivity index (χ1v) is 4.97. The Balaban J connectivity index is 2.83. The second-order valence-electron chi connectivity index (χ2n) is 2.84. The number of aromatic nitrogens is 1. The van der Waals surface area contributed by atoms with Crippen LogP contribution in [0.15, 0.2) is 12.4 Å². The minimum atomic E-state index is -0.262. The molecule has 0 spiro atoms. The lowest BCUT2D eigenvalue weighted by Crippen LogP contribution is -2.27. The zero-order chi connectivity index (χ0) is 9.84. The lowest BCUT2D eigenvalue weighted by molar-refractivity contribution is 0.265. The molecule has 1 aromatic heterocycles. The topological polar surface area (TPSA) is 85.2 Å². The number of anilines is 1. The van der Waals surface area contributed by atoms with Gasteiger partial charge in [-0.3, -0.25) is 4.98 Å². The number of hydrogen-bond donors (Lipinski definition) is 3. The molecule has 1 aromatic rings. The summed E-state index contributed by atoms with van der Waals surface area (Å²) < 4.78 is 0.917. The third-order valence-electron chi connectivity index (χ3n) is 1.74. The van der Waals surface area contributed by atoms with Crippen LogP contribution in [0.3, 0.4) is 0 Å². The molecule has 0 aliphatic rings. The molecule has 1 atom stereocenters. The zero-order valence-corrected chi connectivity index (χ0v) is 9.23. The number of hydrogen-bond acceptors (Lipinski definition) is 4. The Morgan fingerprint density at radius 1 is 1.54 bits per heavy atom. The molecular weight excluding hydrogens is 281 g/mol. The van der Waals surface area contributed by atoms with Crippen LogP contribution in [-0.2, 0) is 6.42 Å². The van der Waals surface area contributed by atoms with Crippen LogP contribution in [0.25, 0.3) is 0 Å². The van der Waals surface area contributed by atoms with Crippen LogP contribution in [0.5, 0.6) is 0 Å². The molecule has 13 heavy (non-hydrogen) atoms. The first kappa shape index (κ1) is 10.7. The van der Waals surface area contributed by atoms with Gasteiger partial charge in [0, 0.05) is 18.4 Å². The van der Waals surface area contributed by atoms with Crippen molar-refractivity contribution in [3.63, 3.8) is 0 Å². The van der Waals surface area contributed by atoms with Gasteiger partial charge in [0.25, 0.3) is 0 Å². The fourth-order valence-electron chi connectivity index (χ4n) is 0.995. The lowest BCUT2D eigenvalue weighted by Gasteiger charge is -2.10. The monoisotopic (exact) mass is 293 g/mol. The maximum Gasteiger partial charge on any atom is 0.0585 e. The van der Waals surface area contributed by atoms with Crippen LogP contribution in [0.1, 0.15) is 5.56 Å². The van der Waals surface area contributed by atoms with E-state index in [1.54, 1.807) is 12.4 Å². The third-order valence-corrected chi connectivity index (χ3v) is 2.60. The second kappa shape index (κ2) is 4.73. The van der Waals surface area contributed by atoms with Crippen molar-refractivity contribution in [3.8, 4) is 0 Å². The highest BCUT2D eigenvalue weighted by Crippen LogP contribution is 2.18. The van der Waals surface area contributed by atoms with Crippen LogP contribution >= 0.6 is 22.6 Å². The molecule has 0 saturated carbocycles. The molecule has 5 N–H and O–H groups in total. The molecular formula is C8H12IN3O. The first-order chi connectivity index (χ1) is 6.15. The molecule has 5 heteroatoms. The molecule has 0 radical (unpaired) electrons. The van der Waals surface area contributed by atoms with E-state index in [0.29, 0.717) is 12.1 Å². The van der Waals surface area contributed by atoms with Gasteiger partial charge in [-0.15, -0.1) is 0 Å². The fraction of sp³-hybridized carbons (Fsp3) is 0.375. The van der Waals surface area contributed by atoms with Crippen molar-refractivity contribution in [2.24, 2.45) is 5.73 Å². The number of aliphatic hydroxyl groups excluding tert-OH is 1. The summed E-state index contributed by atoms with van der Waals surface area (Å²) in [6, 6.07) is -0.262. The highest BCUT2D eigenvalue weighted by molar-refractivity contribution is 14.1. The van der Waals surface area contributed by atoms with Gasteiger partial charge < -0.3 is 16.6 Å². The number of rotatable bonds is 3. The van der Waals surface area contributed by atoms with Gasteiger partial charge in [0.1, 0.15) is 0 Å². The summed E-state index contributed by atoms with van der Waals surface area (Å²) in [5.74, 6) is 0. The maximum atomic E-state index is 8.77. The van der Waals surface area contributed by atoms with Crippen LogP contribution in [0.4, 0.5) is 5.69 Å². The van der Waals surface area contributed by atoms with E-state index in [0.717, 1.165) is 9.13 Å². The fourth-order valence-corrected chi connectivity index (χ4v) is 1.50. The molecule has 0 bridgehead atoms. The van der Waals surface area contributed by atoms with Crippen molar-refractivity contribution in [2.75, 3.05) is 12.3 Å². The molecule has 1 heterocycles. The average Bonchev–Trinajstić information content (AvgIpc) is 2.13. The summed E-state index contributed by atoms with van der Waals surface area (Å²) >= 11 is 2.12. The Kier molecular flexibility index (Phi) is 3.89. The second-order valence-corrected chi connectivity index (χ2v) is 4.00. The molecule has 0 aliphatic carbocycles. The predicted molar refractivity (Wildman–Crippen MR) is 60.1 cm³/mol. The van der Waals surface area contributed by atoms with Crippen molar-refractivity contribution in [3.05, 3.63) is 21.5 Å². The Hall–Kier alpha value is -0.400. The van der Waals surface area contributed by atoms with E-state index in [4.69, 9.17) is 16.6 Å². The van der Waals surface area contributed by atoms with E-state index in [1.807, 2.05) is 0 Å². The Morgan fingerprint density at radius 2 is 2.23 bits per heavy atom. The summed E-state index contributed by atoms with van der Waals surface area (Å²) in [5.41, 5.74) is 13.0. The van der Waals surface area contributed by atoms with Gasteiger partial charge in [-0.2, -0.15) is 0 Å². The molecule has 0 saturated heterocycles. The number of nitrogens with two attached hydrogens (primary N) is 2. The minimum absolute atomic E-state index is 0.0368. The van der Waals surface area contributed by atoms with Gasteiger partial charge in [-0.05, 0) is 34.6 Å². The van der Waals surface area contributed by atoms with E-state index < -0.39 is 0 Å². The van der Waals surface area contributed by atoms with Gasteiger partial charge in [0.05, 0.1) is 15.9 Å². The van der Waals surface area contributed by atoms with Crippen LogP contribution < -0.4 is 11.5 Å². The SMILES string of the molecule is Nc1c(I)cncc1CC(N)CO. The number of pyridine rings is 1. The summed E-state index contributed by atoms with van der Waals surface area (Å²) in [4.78, 5) is 4.01. The van der Waals surface area contributed by atoms with Gasteiger partial charge >= 0.3 is 0 Å². The van der Waals surface area contributed by atoms with E-state index in [1.165, 1.54) is 0 Å². The van der Waals surface area contributed by atoms with Gasteiger partial charge in [0.15, 0.2) is 0 Å². The Morgan fingerprint density at radius 3 is 2.85 bits per heavy atom. The van der Waals surface area contributed by atoms with Crippen molar-refractivity contribution >= 4 is 28.3 Å². The van der Waals surface area contributed by atoms with Crippen molar-refractivity contribution in [1.82, 2.24) is 4.98 Å². The summed E-state index contributed by atoms with van der Waals surface area (Å²) in [6.07, 6.45) is 3.95. The third kappa shape index (κ3) is 2.78. The zero-order valence-electron chi connectivity index (χ0n) is 7.07. The lowest BCUT2D eigenvalue weighted by atomic mass is 10.1. The summed E-state index contributed by atoms with van der Waals surface area (Å²) in [7, 11) is 0. The Labute approximate surface area is 90.5 Å². The van der Waals surface area contributed by atoms with Crippen molar-refractivity contribution in [2.45, 2.75) is 12.5 Å². The van der Waals surface area contributed by atoms with E-state index >= 15 is 0 Å². The summed E-state index contributed by atoms with van der Waals surface area (Å²) in [5, 5.41) is 8.77. The van der Waals surface area contributed by atoms with Crippen molar-refractivity contribution in [1.29, 1.82) is 0 Å². The van der Waals surface area contributed by atoms with Gasteiger partial charge in [-0.1, -0.05) is 0 Å². The number of nitrogens with zero attached hydrogens (tertiary/aromatic N) is 1. The molecule has 0 amide bonds. The number of halogens is 1. The molecule has 72 valence electrons. The molecule has 1 rings (SSSR count). The van der Waals surface area contributed by atoms with Crippen LogP contribution in [0, 0.1) is 3.57 Å². The highest BCUT2D eigenvalue weighted by Gasteiger charge is 2.07. The Bertz CT molecular complexity index is 293. The standard InChI is InChI=1S/C8H12IN3O/c9-7-3-12-2-5(8(7)11)1-6(10)4-13/h2-3,6,13H,1,4,10H2,(H2,11,12). The smallest absolute Gasteiger partial charge is 0.0585 e. The van der Waals surface area contributed by atoms with E-state index in [9.17, 15) is 0 Å². The first-order valence-electron chi connectivity index (χ1n) is 3.89. The molecule has 4 nitrogen and oxygen atoms in total.